The van der Waals surface area contributed by atoms with E-state index in [9.17, 15) is 4.79 Å². The smallest absolute Gasteiger partial charge is 0.342 e. The molecule has 39 heavy (non-hydrogen) atoms. The number of fused-ring (bicyclic) bond motifs is 1. The van der Waals surface area contributed by atoms with E-state index in [1.54, 1.807) is 13.8 Å². The van der Waals surface area contributed by atoms with E-state index in [0.717, 1.165) is 71.2 Å². The lowest BCUT2D eigenvalue weighted by Crippen LogP contribution is -2.36. The van der Waals surface area contributed by atoms with E-state index in [4.69, 9.17) is 24.3 Å². The van der Waals surface area contributed by atoms with Crippen LogP contribution in [-0.4, -0.2) is 39.4 Å². The highest BCUT2D eigenvalue weighted by Gasteiger charge is 2.45. The number of hydrogen-bond acceptors (Lipinski definition) is 7. The van der Waals surface area contributed by atoms with Crippen molar-refractivity contribution in [2.45, 2.75) is 59.0 Å². The second-order valence-corrected chi connectivity index (χ2v) is 11.0. The number of nitrogens with zero attached hydrogens (tertiary/aromatic N) is 4. The molecule has 0 N–H and O–H groups in total. The normalized spacial score (nSPS) is 19.4. The predicted molar refractivity (Wildman–Crippen MR) is 149 cm³/mol. The fourth-order valence-corrected chi connectivity index (χ4v) is 5.40. The van der Waals surface area contributed by atoms with Crippen molar-refractivity contribution in [3.63, 3.8) is 0 Å². The first-order valence-corrected chi connectivity index (χ1v) is 13.6. The maximum Gasteiger partial charge on any atom is 0.342 e. The lowest BCUT2D eigenvalue weighted by Gasteiger charge is -2.34. The number of benzene rings is 2. The molecule has 202 valence electrons. The summed E-state index contributed by atoms with van der Waals surface area (Å²) in [6, 6.07) is 20.0. The summed E-state index contributed by atoms with van der Waals surface area (Å²) in [6.45, 7) is 9.96. The van der Waals surface area contributed by atoms with Crippen molar-refractivity contribution in [2.75, 3.05) is 18.0 Å². The van der Waals surface area contributed by atoms with E-state index in [1.165, 1.54) is 0 Å². The molecule has 0 saturated carbocycles. The molecule has 0 amide bonds. The number of cyclic esters (lactones) is 1. The Balaban J connectivity index is 1.40. The number of hydrogen-bond donors (Lipinski definition) is 0. The van der Waals surface area contributed by atoms with Crippen LogP contribution in [0.2, 0.25) is 0 Å². The van der Waals surface area contributed by atoms with Crippen LogP contribution >= 0.6 is 0 Å². The van der Waals surface area contributed by atoms with E-state index in [2.05, 4.69) is 11.8 Å². The number of ether oxygens (including phenoxy) is 3. The van der Waals surface area contributed by atoms with Crippen molar-refractivity contribution < 1.29 is 19.0 Å². The van der Waals surface area contributed by atoms with E-state index >= 15 is 0 Å². The Morgan fingerprint density at radius 1 is 1.05 bits per heavy atom. The molecule has 2 aromatic carbocycles. The second-order valence-electron chi connectivity index (χ2n) is 11.0. The van der Waals surface area contributed by atoms with Crippen molar-refractivity contribution in [2.24, 2.45) is 5.92 Å². The third-order valence-electron chi connectivity index (χ3n) is 7.49. The number of anilines is 1. The van der Waals surface area contributed by atoms with Gasteiger partial charge in [0.25, 0.3) is 0 Å². The third-order valence-corrected chi connectivity index (χ3v) is 7.49. The zero-order valence-electron chi connectivity index (χ0n) is 22.9. The molecule has 8 heteroatoms. The summed E-state index contributed by atoms with van der Waals surface area (Å²) in [5, 5.41) is 5.02. The topological polar surface area (TPSA) is 78.2 Å². The van der Waals surface area contributed by atoms with Crippen LogP contribution in [0.5, 0.6) is 5.75 Å². The second kappa shape index (κ2) is 10.0. The highest BCUT2D eigenvalue weighted by atomic mass is 16.8. The van der Waals surface area contributed by atoms with Crippen LogP contribution in [-0.2, 0) is 20.9 Å². The van der Waals surface area contributed by atoms with Crippen LogP contribution < -0.4 is 9.64 Å². The molecule has 1 atom stereocenters. The fraction of sp³-hybridized carbons (Fsp3) is 0.387. The molecule has 2 aliphatic rings. The number of carbonyl (C=O) groups is 1. The lowest BCUT2D eigenvalue weighted by atomic mass is 9.98. The Labute approximate surface area is 228 Å². The molecule has 0 spiro atoms. The monoisotopic (exact) mass is 526 g/mol. The largest absolute Gasteiger partial charge is 0.489 e. The first kappa shape index (κ1) is 25.4. The van der Waals surface area contributed by atoms with Crippen LogP contribution in [0, 0.1) is 12.8 Å². The molecule has 4 heterocycles. The Bertz CT molecular complexity index is 1510. The number of carbonyl (C=O) groups excluding carboxylic acids is 1. The predicted octanol–water partition coefficient (Wildman–Crippen LogP) is 5.87. The van der Waals surface area contributed by atoms with Crippen molar-refractivity contribution in [3.05, 3.63) is 77.5 Å². The molecular weight excluding hydrogens is 492 g/mol. The third kappa shape index (κ3) is 5.08. The highest BCUT2D eigenvalue weighted by Crippen LogP contribution is 2.41. The van der Waals surface area contributed by atoms with Gasteiger partial charge in [0.05, 0.1) is 11.3 Å². The van der Waals surface area contributed by atoms with Crippen LogP contribution in [0.25, 0.3) is 16.9 Å². The lowest BCUT2D eigenvalue weighted by molar-refractivity contribution is -0.160. The van der Waals surface area contributed by atoms with Crippen LogP contribution in [0.15, 0.2) is 60.7 Å². The Morgan fingerprint density at radius 3 is 2.54 bits per heavy atom. The van der Waals surface area contributed by atoms with Gasteiger partial charge in [-0.1, -0.05) is 49.4 Å². The number of piperidine rings is 1. The summed E-state index contributed by atoms with van der Waals surface area (Å²) in [5.74, 6) is 0.888. The first-order chi connectivity index (χ1) is 18.8. The minimum absolute atomic E-state index is 0.397. The van der Waals surface area contributed by atoms with Crippen molar-refractivity contribution >= 4 is 17.4 Å². The number of esters is 1. The van der Waals surface area contributed by atoms with Gasteiger partial charge in [0.1, 0.15) is 18.2 Å². The minimum Gasteiger partial charge on any atom is -0.489 e. The Morgan fingerprint density at radius 2 is 1.82 bits per heavy atom. The number of aromatic nitrogens is 3. The standard InChI is InChI=1S/C31H34N4O4/c1-20-13-15-34(16-14-20)29-27(28-30(36)39-31(3,4)38-28)21(2)32-26-18-25(33-35(26)29)23-11-8-12-24(17-23)37-19-22-9-6-5-7-10-22/h5-12,17-18,20,28H,13-16,19H2,1-4H3. The first-order valence-electron chi connectivity index (χ1n) is 13.6. The molecule has 0 aliphatic carbocycles. The molecule has 0 bridgehead atoms. The zero-order chi connectivity index (χ0) is 27.1. The van der Waals surface area contributed by atoms with Gasteiger partial charge in [0.15, 0.2) is 11.8 Å². The van der Waals surface area contributed by atoms with Gasteiger partial charge in [-0.15, -0.1) is 0 Å². The maximum absolute atomic E-state index is 13.0. The molecule has 4 aromatic rings. The summed E-state index contributed by atoms with van der Waals surface area (Å²) < 4.78 is 19.6. The number of aryl methyl sites for hydroxylation is 1. The average molecular weight is 527 g/mol. The molecule has 1 unspecified atom stereocenters. The molecule has 6 rings (SSSR count). The summed E-state index contributed by atoms with van der Waals surface area (Å²) in [4.78, 5) is 20.1. The summed E-state index contributed by atoms with van der Waals surface area (Å²) in [7, 11) is 0. The van der Waals surface area contributed by atoms with Gasteiger partial charge in [0.2, 0.25) is 5.79 Å². The van der Waals surface area contributed by atoms with Crippen LogP contribution in [0.3, 0.4) is 0 Å². The summed E-state index contributed by atoms with van der Waals surface area (Å²) in [6.07, 6.45) is 1.28. The average Bonchev–Trinajstić information content (AvgIpc) is 3.46. The van der Waals surface area contributed by atoms with Gasteiger partial charge in [-0.05, 0) is 43.4 Å². The highest BCUT2D eigenvalue weighted by molar-refractivity contribution is 5.82. The van der Waals surface area contributed by atoms with E-state index < -0.39 is 17.9 Å². The van der Waals surface area contributed by atoms with Crippen LogP contribution in [0.1, 0.15) is 56.5 Å². The molecule has 2 aromatic heterocycles. The molecule has 2 aliphatic heterocycles. The molecule has 2 saturated heterocycles. The van der Waals surface area contributed by atoms with Gasteiger partial charge in [-0.25, -0.2) is 9.78 Å². The molecular formula is C31H34N4O4. The van der Waals surface area contributed by atoms with Crippen LogP contribution in [0.4, 0.5) is 5.82 Å². The fourth-order valence-electron chi connectivity index (χ4n) is 5.40. The minimum atomic E-state index is -0.994. The van der Waals surface area contributed by atoms with E-state index in [1.807, 2.05) is 72.1 Å². The van der Waals surface area contributed by atoms with E-state index in [0.29, 0.717) is 12.5 Å². The van der Waals surface area contributed by atoms with Crippen molar-refractivity contribution in [1.82, 2.24) is 14.6 Å². The Kier molecular flexibility index (Phi) is 6.51. The SMILES string of the molecule is Cc1nc2cc(-c3cccc(OCc4ccccc4)c3)nn2c(N2CCC(C)CC2)c1C1OC(C)(C)OC1=O. The summed E-state index contributed by atoms with van der Waals surface area (Å²) >= 11 is 0. The molecule has 2 fully saturated rings. The maximum atomic E-state index is 13.0. The van der Waals surface area contributed by atoms with Crippen molar-refractivity contribution in [1.29, 1.82) is 0 Å². The quantitative estimate of drug-likeness (QED) is 0.291. The Hall–Kier alpha value is -3.91. The van der Waals surface area contributed by atoms with Crippen molar-refractivity contribution in [3.8, 4) is 17.0 Å². The molecule has 0 radical (unpaired) electrons. The van der Waals surface area contributed by atoms with Gasteiger partial charge in [-0.3, -0.25) is 0 Å². The van der Waals surface area contributed by atoms with E-state index in [-0.39, 0.29) is 0 Å². The zero-order valence-corrected chi connectivity index (χ0v) is 22.9. The van der Waals surface area contributed by atoms with Gasteiger partial charge < -0.3 is 19.1 Å². The number of rotatable bonds is 6. The van der Waals surface area contributed by atoms with Gasteiger partial charge in [-0.2, -0.15) is 9.61 Å². The van der Waals surface area contributed by atoms with Gasteiger partial charge >= 0.3 is 5.97 Å². The summed E-state index contributed by atoms with van der Waals surface area (Å²) in [5.41, 5.74) is 5.01. The van der Waals surface area contributed by atoms with Gasteiger partial charge in [0, 0.05) is 44.3 Å². The molecule has 8 nitrogen and oxygen atoms in total.